The lowest BCUT2D eigenvalue weighted by atomic mass is 10.1. The minimum absolute atomic E-state index is 0.0875. The van der Waals surface area contributed by atoms with Gasteiger partial charge in [0.15, 0.2) is 0 Å². The van der Waals surface area contributed by atoms with Gasteiger partial charge in [0.25, 0.3) is 0 Å². The number of nitrogens with two attached hydrogens (primary N) is 1. The molecular weight excluding hydrogens is 240 g/mol. The molecule has 3 heteroatoms. The first-order valence-corrected chi connectivity index (χ1v) is 6.72. The van der Waals surface area contributed by atoms with Crippen LogP contribution in [0.2, 0.25) is 0 Å². The second kappa shape index (κ2) is 4.52. The van der Waals surface area contributed by atoms with E-state index in [2.05, 4.69) is 41.4 Å². The third-order valence-electron chi connectivity index (χ3n) is 3.04. The lowest BCUT2D eigenvalue weighted by molar-refractivity contribution is 0.881. The van der Waals surface area contributed by atoms with E-state index in [-0.39, 0.29) is 6.04 Å². The molecular formula is C15H14N2S. The number of hydrogen-bond donors (Lipinski definition) is 1. The van der Waals surface area contributed by atoms with Gasteiger partial charge in [-0.3, -0.25) is 4.98 Å². The number of fused-ring (bicyclic) bond motifs is 1. The molecule has 0 aliphatic heterocycles. The van der Waals surface area contributed by atoms with Crippen molar-refractivity contribution in [2.45, 2.75) is 13.0 Å². The number of aromatic nitrogens is 1. The Bertz CT molecular complexity index is 637. The van der Waals surface area contributed by atoms with Crippen LogP contribution in [0.4, 0.5) is 0 Å². The van der Waals surface area contributed by atoms with Crippen LogP contribution in [0, 0.1) is 6.92 Å². The fourth-order valence-electron chi connectivity index (χ4n) is 1.98. The molecule has 0 saturated carbocycles. The molecule has 90 valence electrons. The van der Waals surface area contributed by atoms with Gasteiger partial charge in [0, 0.05) is 21.5 Å². The summed E-state index contributed by atoms with van der Waals surface area (Å²) in [5.41, 5.74) is 8.38. The van der Waals surface area contributed by atoms with E-state index in [9.17, 15) is 0 Å². The van der Waals surface area contributed by atoms with Crippen molar-refractivity contribution in [3.05, 3.63) is 64.8 Å². The van der Waals surface area contributed by atoms with Crippen LogP contribution in [0.1, 0.15) is 22.2 Å². The zero-order valence-electron chi connectivity index (χ0n) is 10.1. The van der Waals surface area contributed by atoms with E-state index in [1.165, 1.54) is 15.0 Å². The summed E-state index contributed by atoms with van der Waals surface area (Å²) in [6.45, 7) is 1.98. The summed E-state index contributed by atoms with van der Waals surface area (Å²) in [4.78, 5) is 5.49. The Morgan fingerprint density at radius 3 is 2.72 bits per heavy atom. The van der Waals surface area contributed by atoms with Crippen molar-refractivity contribution < 1.29 is 0 Å². The third kappa shape index (κ3) is 2.03. The number of rotatable bonds is 2. The Morgan fingerprint density at radius 1 is 1.17 bits per heavy atom. The van der Waals surface area contributed by atoms with Crippen LogP contribution in [0.15, 0.2) is 48.7 Å². The van der Waals surface area contributed by atoms with Gasteiger partial charge in [-0.2, -0.15) is 0 Å². The van der Waals surface area contributed by atoms with Crippen LogP contribution in [0.5, 0.6) is 0 Å². The van der Waals surface area contributed by atoms with E-state index in [1.54, 1.807) is 11.3 Å². The molecule has 18 heavy (non-hydrogen) atoms. The normalized spacial score (nSPS) is 12.8. The van der Waals surface area contributed by atoms with Gasteiger partial charge in [0.1, 0.15) is 0 Å². The molecule has 1 atom stereocenters. The van der Waals surface area contributed by atoms with Crippen molar-refractivity contribution in [3.8, 4) is 0 Å². The summed E-state index contributed by atoms with van der Waals surface area (Å²) in [6.07, 6.45) is 1.87. The smallest absolute Gasteiger partial charge is 0.0661 e. The lowest BCUT2D eigenvalue weighted by Gasteiger charge is -2.09. The summed E-state index contributed by atoms with van der Waals surface area (Å²) < 4.78 is 1.28. The molecule has 2 N–H and O–H groups in total. The van der Waals surface area contributed by atoms with Crippen LogP contribution < -0.4 is 5.73 Å². The van der Waals surface area contributed by atoms with E-state index < -0.39 is 0 Å². The van der Waals surface area contributed by atoms with Crippen molar-refractivity contribution in [2.24, 2.45) is 5.73 Å². The third-order valence-corrected chi connectivity index (χ3v) is 4.24. The van der Waals surface area contributed by atoms with E-state index >= 15 is 0 Å². The average Bonchev–Trinajstić information content (AvgIpc) is 2.82. The molecule has 0 saturated heterocycles. The Balaban J connectivity index is 2.00. The summed E-state index contributed by atoms with van der Waals surface area (Å²) in [6, 6.07) is 14.5. The summed E-state index contributed by atoms with van der Waals surface area (Å²) in [5.74, 6) is 0. The number of nitrogens with zero attached hydrogens (tertiary/aromatic N) is 1. The van der Waals surface area contributed by atoms with Crippen molar-refractivity contribution in [1.29, 1.82) is 0 Å². The standard InChI is InChI=1S/C15H14N2S/c1-10-6-7-12(9-17-10)15(16)14-8-11-4-2-3-5-13(11)18-14/h2-9,15H,16H2,1H3. The maximum Gasteiger partial charge on any atom is 0.0661 e. The molecule has 0 spiro atoms. The highest BCUT2D eigenvalue weighted by Gasteiger charge is 2.12. The first-order chi connectivity index (χ1) is 8.74. The molecule has 1 unspecified atom stereocenters. The molecule has 2 aromatic heterocycles. The Kier molecular flexibility index (Phi) is 2.86. The first-order valence-electron chi connectivity index (χ1n) is 5.90. The van der Waals surface area contributed by atoms with Crippen LogP contribution in [0.25, 0.3) is 10.1 Å². The van der Waals surface area contributed by atoms with E-state index in [1.807, 2.05) is 19.2 Å². The lowest BCUT2D eigenvalue weighted by Crippen LogP contribution is -2.10. The van der Waals surface area contributed by atoms with Crippen molar-refractivity contribution in [1.82, 2.24) is 4.98 Å². The summed E-state index contributed by atoms with van der Waals surface area (Å²) >= 11 is 1.75. The van der Waals surface area contributed by atoms with E-state index in [4.69, 9.17) is 5.73 Å². The zero-order valence-corrected chi connectivity index (χ0v) is 10.9. The molecule has 0 aliphatic rings. The largest absolute Gasteiger partial charge is 0.320 e. The molecule has 2 heterocycles. The fraction of sp³-hybridized carbons (Fsp3) is 0.133. The maximum absolute atomic E-state index is 6.30. The molecule has 0 bridgehead atoms. The van der Waals surface area contributed by atoms with E-state index in [0.717, 1.165) is 11.3 Å². The first kappa shape index (κ1) is 11.4. The molecule has 1 aromatic carbocycles. The van der Waals surface area contributed by atoms with Crippen molar-refractivity contribution in [3.63, 3.8) is 0 Å². The van der Waals surface area contributed by atoms with Crippen LogP contribution >= 0.6 is 11.3 Å². The van der Waals surface area contributed by atoms with Gasteiger partial charge < -0.3 is 5.73 Å². The second-order valence-electron chi connectivity index (χ2n) is 4.40. The van der Waals surface area contributed by atoms with Gasteiger partial charge in [0.2, 0.25) is 0 Å². The summed E-state index contributed by atoms with van der Waals surface area (Å²) in [7, 11) is 0. The Morgan fingerprint density at radius 2 is 2.00 bits per heavy atom. The number of benzene rings is 1. The van der Waals surface area contributed by atoms with Crippen LogP contribution in [-0.2, 0) is 0 Å². The monoisotopic (exact) mass is 254 g/mol. The number of thiophene rings is 1. The fourth-order valence-corrected chi connectivity index (χ4v) is 3.08. The number of hydrogen-bond acceptors (Lipinski definition) is 3. The minimum atomic E-state index is -0.0875. The van der Waals surface area contributed by atoms with Crippen molar-refractivity contribution in [2.75, 3.05) is 0 Å². The Hall–Kier alpha value is -1.71. The highest BCUT2D eigenvalue weighted by atomic mass is 32.1. The van der Waals surface area contributed by atoms with Gasteiger partial charge in [-0.25, -0.2) is 0 Å². The molecule has 0 amide bonds. The van der Waals surface area contributed by atoms with Crippen molar-refractivity contribution >= 4 is 21.4 Å². The van der Waals surface area contributed by atoms with Gasteiger partial charge in [0.05, 0.1) is 6.04 Å². The van der Waals surface area contributed by atoms with Gasteiger partial charge in [-0.1, -0.05) is 24.3 Å². The maximum atomic E-state index is 6.30. The predicted molar refractivity (Wildman–Crippen MR) is 76.8 cm³/mol. The van der Waals surface area contributed by atoms with Gasteiger partial charge in [-0.05, 0) is 36.1 Å². The number of pyridine rings is 1. The predicted octanol–water partition coefficient (Wildman–Crippen LogP) is 3.65. The molecule has 3 aromatic rings. The second-order valence-corrected chi connectivity index (χ2v) is 5.51. The molecule has 2 nitrogen and oxygen atoms in total. The zero-order chi connectivity index (χ0) is 12.5. The molecule has 0 fully saturated rings. The highest BCUT2D eigenvalue weighted by Crippen LogP contribution is 2.31. The SMILES string of the molecule is Cc1ccc(C(N)c2cc3ccccc3s2)cn1. The molecule has 0 aliphatic carbocycles. The molecule has 3 rings (SSSR count). The average molecular weight is 254 g/mol. The molecule has 0 radical (unpaired) electrons. The quantitative estimate of drug-likeness (QED) is 0.758. The summed E-state index contributed by atoms with van der Waals surface area (Å²) in [5, 5.41) is 1.26. The minimum Gasteiger partial charge on any atom is -0.320 e. The van der Waals surface area contributed by atoms with Crippen LogP contribution in [0.3, 0.4) is 0 Å². The highest BCUT2D eigenvalue weighted by molar-refractivity contribution is 7.19. The van der Waals surface area contributed by atoms with Gasteiger partial charge >= 0.3 is 0 Å². The topological polar surface area (TPSA) is 38.9 Å². The van der Waals surface area contributed by atoms with E-state index in [0.29, 0.717) is 0 Å². The Labute approximate surface area is 110 Å². The van der Waals surface area contributed by atoms with Crippen LogP contribution in [-0.4, -0.2) is 4.98 Å². The number of aryl methyl sites for hydroxylation is 1. The van der Waals surface area contributed by atoms with Gasteiger partial charge in [-0.15, -0.1) is 11.3 Å².